The summed E-state index contributed by atoms with van der Waals surface area (Å²) < 4.78 is 0. The second-order valence-corrected chi connectivity index (χ2v) is 8.82. The maximum atomic E-state index is 13.4. The monoisotopic (exact) mass is 416 g/mol. The number of carbonyl (C=O) groups is 1. The van der Waals surface area contributed by atoms with Crippen LogP contribution in [0.5, 0.6) is 0 Å². The molecule has 2 aromatic carbocycles. The third kappa shape index (κ3) is 3.79. The minimum absolute atomic E-state index is 0.0675. The van der Waals surface area contributed by atoms with Crippen molar-refractivity contribution >= 4 is 39.6 Å². The maximum absolute atomic E-state index is 13.4. The van der Waals surface area contributed by atoms with Gasteiger partial charge in [0.15, 0.2) is 0 Å². The summed E-state index contributed by atoms with van der Waals surface area (Å²) in [5.74, 6) is 2.16. The average Bonchev–Trinajstić information content (AvgIpc) is 3.54. The Morgan fingerprint density at radius 2 is 1.90 bits per heavy atom. The molecule has 2 N–H and O–H groups in total. The minimum Gasteiger partial charge on any atom is -0.342 e. The summed E-state index contributed by atoms with van der Waals surface area (Å²) in [6, 6.07) is 17.7. The van der Waals surface area contributed by atoms with E-state index in [-0.39, 0.29) is 11.9 Å². The molecule has 1 atom stereocenters. The van der Waals surface area contributed by atoms with Crippen molar-refractivity contribution in [1.29, 1.82) is 0 Å². The van der Waals surface area contributed by atoms with E-state index in [1.54, 1.807) is 11.8 Å². The second kappa shape index (κ2) is 8.11. The Kier molecular flexibility index (Phi) is 5.17. The van der Waals surface area contributed by atoms with Gasteiger partial charge in [-0.05, 0) is 55.5 Å². The third-order valence-electron chi connectivity index (χ3n) is 5.63. The first kappa shape index (κ1) is 19.1. The van der Waals surface area contributed by atoms with Gasteiger partial charge in [-0.15, -0.1) is 0 Å². The number of rotatable bonds is 7. The number of thioether (sulfide) groups is 1. The number of fused-ring (bicyclic) bond motifs is 2. The summed E-state index contributed by atoms with van der Waals surface area (Å²) in [5.41, 5.74) is 4.52. The topological polar surface area (TPSA) is 70.7 Å². The number of para-hydroxylation sites is 3. The van der Waals surface area contributed by atoms with Crippen LogP contribution >= 0.6 is 11.8 Å². The molecule has 4 aromatic rings. The fraction of sp³-hybridized carbons (Fsp3) is 0.292. The number of nitrogens with zero attached hydrogens (tertiary/aromatic N) is 2. The van der Waals surface area contributed by atoms with Crippen LogP contribution in [-0.2, 0) is 0 Å². The number of imidazole rings is 1. The molecule has 6 heteroatoms. The predicted molar refractivity (Wildman–Crippen MR) is 123 cm³/mol. The van der Waals surface area contributed by atoms with Gasteiger partial charge < -0.3 is 10.3 Å². The SMILES string of the molecule is CSCC[C@H](NC(=O)c1cc(C2CC2)nc2ccccc12)c1nc2ccccc2[nH]1. The van der Waals surface area contributed by atoms with E-state index in [0.29, 0.717) is 11.5 Å². The molecule has 5 rings (SSSR count). The average molecular weight is 417 g/mol. The minimum atomic E-state index is -0.173. The normalized spacial score (nSPS) is 14.8. The molecule has 1 aliphatic carbocycles. The van der Waals surface area contributed by atoms with Crippen molar-refractivity contribution < 1.29 is 4.79 Å². The van der Waals surface area contributed by atoms with E-state index in [0.717, 1.165) is 58.5 Å². The van der Waals surface area contributed by atoms with Gasteiger partial charge in [-0.25, -0.2) is 4.98 Å². The zero-order valence-electron chi connectivity index (χ0n) is 16.9. The van der Waals surface area contributed by atoms with E-state index in [4.69, 9.17) is 9.97 Å². The summed E-state index contributed by atoms with van der Waals surface area (Å²) in [6.07, 6.45) is 5.20. The van der Waals surface area contributed by atoms with E-state index < -0.39 is 0 Å². The number of hydrogen-bond donors (Lipinski definition) is 2. The first-order chi connectivity index (χ1) is 14.7. The van der Waals surface area contributed by atoms with Crippen molar-refractivity contribution in [3.05, 3.63) is 71.7 Å². The lowest BCUT2D eigenvalue weighted by molar-refractivity contribution is 0.0935. The van der Waals surface area contributed by atoms with Crippen molar-refractivity contribution in [2.45, 2.75) is 31.2 Å². The van der Waals surface area contributed by atoms with Gasteiger partial charge in [-0.2, -0.15) is 11.8 Å². The molecule has 1 fully saturated rings. The first-order valence-corrected chi connectivity index (χ1v) is 11.8. The van der Waals surface area contributed by atoms with Gasteiger partial charge in [0.1, 0.15) is 5.82 Å². The van der Waals surface area contributed by atoms with Crippen LogP contribution in [-0.4, -0.2) is 32.9 Å². The molecule has 1 aliphatic rings. The van der Waals surface area contributed by atoms with Crippen molar-refractivity contribution in [2.75, 3.05) is 12.0 Å². The van der Waals surface area contributed by atoms with Crippen molar-refractivity contribution in [1.82, 2.24) is 20.3 Å². The van der Waals surface area contributed by atoms with Gasteiger partial charge in [0.25, 0.3) is 5.91 Å². The highest BCUT2D eigenvalue weighted by Gasteiger charge is 2.27. The van der Waals surface area contributed by atoms with Gasteiger partial charge in [-0.1, -0.05) is 30.3 Å². The Hall–Kier alpha value is -2.86. The van der Waals surface area contributed by atoms with E-state index in [9.17, 15) is 4.79 Å². The van der Waals surface area contributed by atoms with Crippen LogP contribution in [0.1, 0.15) is 53.1 Å². The first-order valence-electron chi connectivity index (χ1n) is 10.4. The number of amides is 1. The van der Waals surface area contributed by atoms with Crippen LogP contribution in [0, 0.1) is 0 Å². The molecule has 2 aromatic heterocycles. The van der Waals surface area contributed by atoms with Crippen LogP contribution in [0.2, 0.25) is 0 Å². The molecule has 152 valence electrons. The van der Waals surface area contributed by atoms with Gasteiger partial charge >= 0.3 is 0 Å². The lowest BCUT2D eigenvalue weighted by Crippen LogP contribution is -2.30. The van der Waals surface area contributed by atoms with Crippen LogP contribution in [0.15, 0.2) is 54.6 Å². The zero-order valence-corrected chi connectivity index (χ0v) is 17.7. The fourth-order valence-electron chi connectivity index (χ4n) is 3.86. The summed E-state index contributed by atoms with van der Waals surface area (Å²) in [6.45, 7) is 0. The number of H-pyrrole nitrogens is 1. The molecule has 5 nitrogen and oxygen atoms in total. The highest BCUT2D eigenvalue weighted by atomic mass is 32.2. The van der Waals surface area contributed by atoms with Crippen LogP contribution < -0.4 is 5.32 Å². The quantitative estimate of drug-likeness (QED) is 0.434. The number of nitrogens with one attached hydrogen (secondary N) is 2. The molecule has 0 spiro atoms. The van der Waals surface area contributed by atoms with Crippen LogP contribution in [0.4, 0.5) is 0 Å². The Morgan fingerprint density at radius 3 is 2.67 bits per heavy atom. The number of aromatic nitrogens is 3. The lowest BCUT2D eigenvalue weighted by Gasteiger charge is -2.17. The predicted octanol–water partition coefficient (Wildman–Crippen LogP) is 5.21. The molecule has 0 radical (unpaired) electrons. The van der Waals surface area contributed by atoms with Gasteiger partial charge in [-0.3, -0.25) is 9.78 Å². The smallest absolute Gasteiger partial charge is 0.252 e. The molecule has 1 amide bonds. The number of aromatic amines is 1. The molecule has 1 saturated carbocycles. The summed E-state index contributed by atoms with van der Waals surface area (Å²) >= 11 is 1.77. The standard InChI is InChI=1S/C24H24N4OS/c1-30-13-12-21(23-26-19-8-4-5-9-20(19)27-23)28-24(29)17-14-22(15-10-11-15)25-18-7-3-2-6-16(17)18/h2-9,14-15,21H,10-13H2,1H3,(H,26,27)(H,28,29)/t21-/m0/s1. The molecule has 2 heterocycles. The number of pyridine rings is 1. The number of hydrogen-bond acceptors (Lipinski definition) is 4. The molecular weight excluding hydrogens is 392 g/mol. The molecule has 0 bridgehead atoms. The van der Waals surface area contributed by atoms with Crippen molar-refractivity contribution in [3.63, 3.8) is 0 Å². The molecule has 0 unspecified atom stereocenters. The highest BCUT2D eigenvalue weighted by molar-refractivity contribution is 7.98. The fourth-order valence-corrected chi connectivity index (χ4v) is 4.33. The summed E-state index contributed by atoms with van der Waals surface area (Å²) in [7, 11) is 0. The molecule has 0 aliphatic heterocycles. The summed E-state index contributed by atoms with van der Waals surface area (Å²) in [4.78, 5) is 26.4. The Balaban J connectivity index is 1.49. The zero-order chi connectivity index (χ0) is 20.5. The molecule has 30 heavy (non-hydrogen) atoms. The van der Waals surface area contributed by atoms with Crippen LogP contribution in [0.25, 0.3) is 21.9 Å². The van der Waals surface area contributed by atoms with Crippen LogP contribution in [0.3, 0.4) is 0 Å². The largest absolute Gasteiger partial charge is 0.342 e. The number of benzene rings is 2. The van der Waals surface area contributed by atoms with E-state index in [1.807, 2.05) is 54.6 Å². The van der Waals surface area contributed by atoms with E-state index in [2.05, 4.69) is 16.6 Å². The van der Waals surface area contributed by atoms with E-state index >= 15 is 0 Å². The lowest BCUT2D eigenvalue weighted by atomic mass is 10.0. The number of carbonyl (C=O) groups excluding carboxylic acids is 1. The van der Waals surface area contributed by atoms with E-state index in [1.165, 1.54) is 0 Å². The van der Waals surface area contributed by atoms with Gasteiger partial charge in [0.05, 0.1) is 28.2 Å². The van der Waals surface area contributed by atoms with Crippen molar-refractivity contribution in [2.24, 2.45) is 0 Å². The van der Waals surface area contributed by atoms with Gasteiger partial charge in [0.2, 0.25) is 0 Å². The molecular formula is C24H24N4OS. The Bertz CT molecular complexity index is 1180. The highest BCUT2D eigenvalue weighted by Crippen LogP contribution is 2.40. The van der Waals surface area contributed by atoms with Crippen molar-refractivity contribution in [3.8, 4) is 0 Å². The molecule has 0 saturated heterocycles. The Morgan fingerprint density at radius 1 is 1.13 bits per heavy atom. The second-order valence-electron chi connectivity index (χ2n) is 7.83. The third-order valence-corrected chi connectivity index (χ3v) is 6.27. The summed E-state index contributed by atoms with van der Waals surface area (Å²) in [5, 5.41) is 4.15. The Labute approximate surface area is 179 Å². The maximum Gasteiger partial charge on any atom is 0.252 e. The van der Waals surface area contributed by atoms with Gasteiger partial charge in [0, 0.05) is 17.0 Å².